The van der Waals surface area contributed by atoms with Crippen LogP contribution in [-0.2, 0) is 11.3 Å². The molecule has 7 heteroatoms. The lowest BCUT2D eigenvalue weighted by molar-refractivity contribution is 0.0424. The number of benzene rings is 2. The first-order valence-corrected chi connectivity index (χ1v) is 9.00. The molecule has 2 atom stereocenters. The Morgan fingerprint density at radius 2 is 1.93 bits per heavy atom. The highest BCUT2D eigenvalue weighted by Crippen LogP contribution is 2.40. The van der Waals surface area contributed by atoms with Crippen LogP contribution in [0.2, 0.25) is 0 Å². The molecule has 144 valence electrons. The minimum atomic E-state index is -0.484. The second kappa shape index (κ2) is 7.34. The zero-order valence-corrected chi connectivity index (χ0v) is 15.8. The molecule has 0 aliphatic carbocycles. The molecule has 1 aliphatic heterocycles. The molecule has 1 aliphatic rings. The van der Waals surface area contributed by atoms with E-state index < -0.39 is 5.97 Å². The van der Waals surface area contributed by atoms with E-state index in [1.165, 1.54) is 0 Å². The van der Waals surface area contributed by atoms with Crippen molar-refractivity contribution < 1.29 is 23.5 Å². The molecule has 0 N–H and O–H groups in total. The second-order valence-corrected chi connectivity index (χ2v) is 6.65. The Morgan fingerprint density at radius 3 is 2.68 bits per heavy atom. The van der Waals surface area contributed by atoms with E-state index in [4.69, 9.17) is 18.7 Å². The highest BCUT2D eigenvalue weighted by atomic mass is 16.6. The van der Waals surface area contributed by atoms with E-state index in [-0.39, 0.29) is 24.5 Å². The van der Waals surface area contributed by atoms with Crippen LogP contribution < -0.4 is 9.47 Å². The van der Waals surface area contributed by atoms with Crippen LogP contribution in [0, 0.1) is 0 Å². The van der Waals surface area contributed by atoms with Crippen LogP contribution >= 0.6 is 0 Å². The number of hydrogen-bond acceptors (Lipinski definition) is 7. The quantitative estimate of drug-likeness (QED) is 0.619. The summed E-state index contributed by atoms with van der Waals surface area (Å²) in [5.41, 5.74) is 2.20. The van der Waals surface area contributed by atoms with Gasteiger partial charge >= 0.3 is 5.97 Å². The Balaban J connectivity index is 1.44. The summed E-state index contributed by atoms with van der Waals surface area (Å²) in [7, 11) is 1.60. The molecule has 2 heterocycles. The molecule has 0 amide bonds. The van der Waals surface area contributed by atoms with Gasteiger partial charge in [0.05, 0.1) is 7.11 Å². The Kier molecular flexibility index (Phi) is 4.73. The molecular formula is C21H20N2O5. The monoisotopic (exact) mass is 380 g/mol. The van der Waals surface area contributed by atoms with Gasteiger partial charge in [0.15, 0.2) is 6.61 Å². The summed E-state index contributed by atoms with van der Waals surface area (Å²) in [6, 6.07) is 12.8. The number of fused-ring (bicyclic) bond motifs is 1. The fourth-order valence-electron chi connectivity index (χ4n) is 3.12. The van der Waals surface area contributed by atoms with Gasteiger partial charge in [-0.2, -0.15) is 4.98 Å². The van der Waals surface area contributed by atoms with Crippen LogP contribution in [0.3, 0.4) is 0 Å². The zero-order chi connectivity index (χ0) is 19.7. The molecule has 0 radical (unpaired) electrons. The molecule has 28 heavy (non-hydrogen) atoms. The topological polar surface area (TPSA) is 83.7 Å². The highest BCUT2D eigenvalue weighted by Gasteiger charge is 2.31. The number of rotatable bonds is 5. The molecule has 4 rings (SSSR count). The highest BCUT2D eigenvalue weighted by molar-refractivity contribution is 5.93. The van der Waals surface area contributed by atoms with E-state index in [0.717, 1.165) is 16.9 Å². The number of aromatic nitrogens is 2. The van der Waals surface area contributed by atoms with Gasteiger partial charge in [0, 0.05) is 17.0 Å². The van der Waals surface area contributed by atoms with Crippen LogP contribution in [0.15, 0.2) is 47.0 Å². The van der Waals surface area contributed by atoms with Gasteiger partial charge in [-0.15, -0.1) is 0 Å². The van der Waals surface area contributed by atoms with Crippen molar-refractivity contribution in [3.05, 3.63) is 59.5 Å². The van der Waals surface area contributed by atoms with Crippen molar-refractivity contribution in [1.29, 1.82) is 0 Å². The zero-order valence-electron chi connectivity index (χ0n) is 15.8. The van der Waals surface area contributed by atoms with E-state index in [2.05, 4.69) is 17.1 Å². The molecule has 2 aromatic carbocycles. The summed E-state index contributed by atoms with van der Waals surface area (Å²) in [6.45, 7) is 3.94. The molecule has 0 fully saturated rings. The lowest BCUT2D eigenvalue weighted by Crippen LogP contribution is -2.11. The molecule has 0 saturated carbocycles. The molecule has 0 unspecified atom stereocenters. The maximum Gasteiger partial charge on any atom is 0.342 e. The number of carbonyl (C=O) groups is 1. The first-order valence-electron chi connectivity index (χ1n) is 9.00. The maximum absolute atomic E-state index is 12.5. The Labute approximate surface area is 162 Å². The van der Waals surface area contributed by atoms with Crippen molar-refractivity contribution in [2.45, 2.75) is 32.5 Å². The van der Waals surface area contributed by atoms with Crippen molar-refractivity contribution in [2.24, 2.45) is 0 Å². The molecule has 1 aromatic heterocycles. The predicted molar refractivity (Wildman–Crippen MR) is 100 cm³/mol. The lowest BCUT2D eigenvalue weighted by atomic mass is 9.97. The van der Waals surface area contributed by atoms with Gasteiger partial charge < -0.3 is 18.7 Å². The largest absolute Gasteiger partial charge is 0.497 e. The predicted octanol–water partition coefficient (Wildman–Crippen LogP) is 3.99. The van der Waals surface area contributed by atoms with Gasteiger partial charge in [-0.1, -0.05) is 24.2 Å². The number of esters is 1. The van der Waals surface area contributed by atoms with E-state index >= 15 is 0 Å². The van der Waals surface area contributed by atoms with E-state index in [1.54, 1.807) is 13.2 Å². The summed E-state index contributed by atoms with van der Waals surface area (Å²) >= 11 is 0. The maximum atomic E-state index is 12.5. The van der Waals surface area contributed by atoms with Crippen molar-refractivity contribution >= 4 is 5.97 Å². The van der Waals surface area contributed by atoms with Gasteiger partial charge in [-0.25, -0.2) is 4.79 Å². The van der Waals surface area contributed by atoms with Crippen LogP contribution in [0.4, 0.5) is 0 Å². The average molecular weight is 380 g/mol. The van der Waals surface area contributed by atoms with E-state index in [9.17, 15) is 4.79 Å². The van der Waals surface area contributed by atoms with E-state index in [1.807, 2.05) is 43.3 Å². The van der Waals surface area contributed by atoms with Crippen molar-refractivity contribution in [3.63, 3.8) is 0 Å². The molecule has 7 nitrogen and oxygen atoms in total. The van der Waals surface area contributed by atoms with Crippen molar-refractivity contribution in [2.75, 3.05) is 7.11 Å². The summed E-state index contributed by atoms with van der Waals surface area (Å²) in [6.07, 6.45) is 0.0203. The number of carbonyl (C=O) groups excluding carboxylic acids is 1. The third-order valence-corrected chi connectivity index (χ3v) is 4.91. The van der Waals surface area contributed by atoms with Crippen molar-refractivity contribution in [1.82, 2.24) is 10.1 Å². The Morgan fingerprint density at radius 1 is 1.14 bits per heavy atom. The van der Waals surface area contributed by atoms with Gasteiger partial charge in [-0.3, -0.25) is 0 Å². The number of ether oxygens (including phenoxy) is 3. The van der Waals surface area contributed by atoms with Gasteiger partial charge in [0.2, 0.25) is 5.82 Å². The fraction of sp³-hybridized carbons (Fsp3) is 0.286. The fourth-order valence-corrected chi connectivity index (χ4v) is 3.12. The SMILES string of the molecule is COc1ccc(-c2noc(COC(=O)c3cccc4c3O[C@H](C)[C@H]4C)n2)cc1. The molecule has 0 saturated heterocycles. The number of hydrogen-bond donors (Lipinski definition) is 0. The van der Waals surface area contributed by atoms with Crippen LogP contribution in [0.25, 0.3) is 11.4 Å². The first kappa shape index (κ1) is 18.0. The number of para-hydroxylation sites is 1. The normalized spacial score (nSPS) is 17.7. The Hall–Kier alpha value is -3.35. The van der Waals surface area contributed by atoms with Gasteiger partial charge in [0.1, 0.15) is 23.2 Å². The molecule has 0 spiro atoms. The van der Waals surface area contributed by atoms with Crippen LogP contribution in [0.1, 0.15) is 41.6 Å². The minimum Gasteiger partial charge on any atom is -0.497 e. The third kappa shape index (κ3) is 3.31. The molecule has 0 bridgehead atoms. The van der Waals surface area contributed by atoms with E-state index in [0.29, 0.717) is 17.1 Å². The number of methoxy groups -OCH3 is 1. The summed E-state index contributed by atoms with van der Waals surface area (Å²) < 4.78 is 21.5. The Bertz CT molecular complexity index is 996. The molecule has 3 aromatic rings. The lowest BCUT2D eigenvalue weighted by Gasteiger charge is -2.08. The standard InChI is InChI=1S/C21H20N2O5/c1-12-13(2)27-19-16(12)5-4-6-17(19)21(24)26-11-18-22-20(23-28-18)14-7-9-15(25-3)10-8-14/h4-10,12-13H,11H2,1-3H3/t12-,13-/m1/s1. The minimum absolute atomic E-state index is 0.0203. The van der Waals surface area contributed by atoms with Crippen LogP contribution in [0.5, 0.6) is 11.5 Å². The van der Waals surface area contributed by atoms with Crippen molar-refractivity contribution in [3.8, 4) is 22.9 Å². The van der Waals surface area contributed by atoms with Gasteiger partial charge in [-0.05, 0) is 37.3 Å². The third-order valence-electron chi connectivity index (χ3n) is 4.91. The number of nitrogens with zero attached hydrogens (tertiary/aromatic N) is 2. The molecular weight excluding hydrogens is 360 g/mol. The summed E-state index contributed by atoms with van der Waals surface area (Å²) in [5.74, 6) is 1.71. The summed E-state index contributed by atoms with van der Waals surface area (Å²) in [5, 5.41) is 3.93. The summed E-state index contributed by atoms with van der Waals surface area (Å²) in [4.78, 5) is 16.8. The first-order chi connectivity index (χ1) is 13.6. The van der Waals surface area contributed by atoms with Crippen LogP contribution in [-0.4, -0.2) is 29.3 Å². The second-order valence-electron chi connectivity index (χ2n) is 6.65. The smallest absolute Gasteiger partial charge is 0.342 e. The van der Waals surface area contributed by atoms with Gasteiger partial charge in [0.25, 0.3) is 5.89 Å². The average Bonchev–Trinajstić information content (AvgIpc) is 3.31.